The van der Waals surface area contributed by atoms with E-state index in [2.05, 4.69) is 20.5 Å². The minimum atomic E-state index is -2.64. The van der Waals surface area contributed by atoms with Crippen molar-refractivity contribution in [2.75, 3.05) is 23.7 Å². The van der Waals surface area contributed by atoms with Gasteiger partial charge in [-0.25, -0.2) is 79.0 Å². The smallest absolute Gasteiger partial charge is 0.200 e. The van der Waals surface area contributed by atoms with Crippen molar-refractivity contribution in [1.29, 1.82) is 0 Å². The maximum Gasteiger partial charge on any atom is 0.200 e. The van der Waals surface area contributed by atoms with Crippen molar-refractivity contribution in [2.24, 2.45) is 20.5 Å². The number of hydrogen-bond donors (Lipinski definition) is 2. The van der Waals surface area contributed by atoms with Crippen LogP contribution in [0.1, 0.15) is 0 Å². The zero-order valence-electron chi connectivity index (χ0n) is 23.0. The van der Waals surface area contributed by atoms with E-state index in [9.17, 15) is 79.0 Å². The predicted octanol–water partition coefficient (Wildman–Crippen LogP) is 10.5. The zero-order chi connectivity index (χ0) is 37.5. The summed E-state index contributed by atoms with van der Waals surface area (Å²) in [6.07, 6.45) is 0. The van der Waals surface area contributed by atoms with Crippen LogP contribution in [0.15, 0.2) is 20.5 Å². The van der Waals surface area contributed by atoms with Crippen LogP contribution in [0, 0.1) is 105 Å². The average Bonchev–Trinajstić information content (AvgIpc) is 3.09. The molecule has 24 heteroatoms. The highest BCUT2D eigenvalue weighted by molar-refractivity contribution is 5.58. The topological polar surface area (TPSA) is 73.5 Å². The Hall–Kier alpha value is -5.58. The molecule has 2 N–H and O–H groups in total. The second-order valence-electron chi connectivity index (χ2n) is 9.05. The van der Waals surface area contributed by atoms with E-state index in [0.717, 1.165) is 0 Å². The van der Waals surface area contributed by atoms with Crippen LogP contribution in [0.3, 0.4) is 0 Å². The lowest BCUT2D eigenvalue weighted by molar-refractivity contribution is 0.380. The molecule has 0 aromatic heterocycles. The molecule has 50 heavy (non-hydrogen) atoms. The van der Waals surface area contributed by atoms with Gasteiger partial charge in [0.1, 0.15) is 11.4 Å². The molecule has 0 saturated heterocycles. The van der Waals surface area contributed by atoms with Gasteiger partial charge in [0.25, 0.3) is 0 Å². The third-order valence-corrected chi connectivity index (χ3v) is 6.08. The lowest BCUT2D eigenvalue weighted by Crippen LogP contribution is -2.18. The number of nitrogens with one attached hydrogen (secondary N) is 2. The SMILES string of the molecule is Fc1c(F)c(F)c(N=Nc2c(F)c(F)c(NCCNc3c(F)c(F)c(N=Nc4c(F)c(F)c(F)c(F)c4F)c(F)c3F)c(F)c2F)c(F)c1F. The van der Waals surface area contributed by atoms with Crippen molar-refractivity contribution >= 4 is 34.1 Å². The first-order valence-electron chi connectivity index (χ1n) is 12.4. The Kier molecular flexibility index (Phi) is 10.5. The Morgan fingerprint density at radius 3 is 0.600 bits per heavy atom. The van der Waals surface area contributed by atoms with E-state index >= 15 is 0 Å². The summed E-state index contributed by atoms with van der Waals surface area (Å²) in [5, 5.41) is 13.1. The molecular weight excluding hydrogens is 738 g/mol. The van der Waals surface area contributed by atoms with Crippen molar-refractivity contribution in [3.63, 3.8) is 0 Å². The second-order valence-corrected chi connectivity index (χ2v) is 9.05. The number of benzene rings is 4. The summed E-state index contributed by atoms with van der Waals surface area (Å²) in [7, 11) is 0. The van der Waals surface area contributed by atoms with E-state index < -0.39 is 152 Å². The minimum absolute atomic E-state index is 1.01. The van der Waals surface area contributed by atoms with Crippen LogP contribution in [0.25, 0.3) is 0 Å². The molecule has 6 nitrogen and oxygen atoms in total. The molecule has 0 spiro atoms. The molecule has 0 fully saturated rings. The van der Waals surface area contributed by atoms with Gasteiger partial charge in [0.05, 0.1) is 0 Å². The number of halogens is 18. The summed E-state index contributed by atoms with van der Waals surface area (Å²) in [5.41, 5.74) is -11.7. The fraction of sp³-hybridized carbons (Fsp3) is 0.0769. The molecule has 0 amide bonds. The molecule has 0 atom stereocenters. The molecule has 0 aliphatic heterocycles. The first-order chi connectivity index (χ1) is 23.3. The lowest BCUT2D eigenvalue weighted by atomic mass is 10.2. The highest BCUT2D eigenvalue weighted by atomic mass is 19.2. The zero-order valence-corrected chi connectivity index (χ0v) is 23.0. The standard InChI is InChI=1S/C26H6F18N6/c27-3-5(29)9(33)23(10(34)6(3)30)47-49-25-17(41)13(37)21(14(38)18(25)42)45-1-2-46-22-15(39)19(43)26(20(44)16(22)40)50-48-24-11(35)7(31)4(28)8(32)12(24)36/h45-46H,1-2H2. The van der Waals surface area contributed by atoms with Crippen LogP contribution in [-0.4, -0.2) is 13.1 Å². The number of azo groups is 2. The second kappa shape index (κ2) is 14.1. The summed E-state index contributed by atoms with van der Waals surface area (Å²) >= 11 is 0. The predicted molar refractivity (Wildman–Crippen MR) is 130 cm³/mol. The van der Waals surface area contributed by atoms with Gasteiger partial charge in [-0.05, 0) is 0 Å². The number of rotatable bonds is 9. The van der Waals surface area contributed by atoms with E-state index in [1.165, 1.54) is 0 Å². The summed E-state index contributed by atoms with van der Waals surface area (Å²) < 4.78 is 250. The summed E-state index contributed by atoms with van der Waals surface area (Å²) in [6, 6.07) is 0. The molecule has 0 aliphatic rings. The molecular formula is C26H6F18N6. The van der Waals surface area contributed by atoms with Gasteiger partial charge >= 0.3 is 0 Å². The van der Waals surface area contributed by atoms with Crippen molar-refractivity contribution in [3.05, 3.63) is 105 Å². The van der Waals surface area contributed by atoms with E-state index in [1.54, 1.807) is 10.6 Å². The summed E-state index contributed by atoms with van der Waals surface area (Å²) in [6.45, 7) is -2.02. The third kappa shape index (κ3) is 6.31. The highest BCUT2D eigenvalue weighted by Gasteiger charge is 2.30. The fourth-order valence-corrected chi connectivity index (χ4v) is 3.66. The molecule has 0 saturated carbocycles. The van der Waals surface area contributed by atoms with E-state index in [1.807, 2.05) is 0 Å². The Bertz CT molecular complexity index is 1850. The van der Waals surface area contributed by atoms with Gasteiger partial charge in [-0.2, -0.15) is 0 Å². The molecule has 0 unspecified atom stereocenters. The lowest BCUT2D eigenvalue weighted by Gasteiger charge is -2.14. The first kappa shape index (κ1) is 37.2. The third-order valence-electron chi connectivity index (χ3n) is 6.08. The molecule has 0 bridgehead atoms. The Labute approximate surface area is 262 Å². The average molecular weight is 744 g/mol. The van der Waals surface area contributed by atoms with Gasteiger partial charge in [-0.1, -0.05) is 0 Å². The number of nitrogens with zero attached hydrogens (tertiary/aromatic N) is 4. The normalized spacial score (nSPS) is 11.8. The number of anilines is 2. The quantitative estimate of drug-likeness (QED) is 0.0589. The van der Waals surface area contributed by atoms with Crippen molar-refractivity contribution < 1.29 is 79.0 Å². The van der Waals surface area contributed by atoms with Gasteiger partial charge in [0.15, 0.2) is 116 Å². The van der Waals surface area contributed by atoms with E-state index in [-0.39, 0.29) is 0 Å². The first-order valence-corrected chi connectivity index (χ1v) is 12.4. The summed E-state index contributed by atoms with van der Waals surface area (Å²) in [4.78, 5) is 0. The van der Waals surface area contributed by atoms with Gasteiger partial charge in [-0.15, -0.1) is 20.5 Å². The maximum atomic E-state index is 14.5. The van der Waals surface area contributed by atoms with Crippen LogP contribution >= 0.6 is 0 Å². The minimum Gasteiger partial charge on any atom is -0.378 e. The number of hydrogen-bond acceptors (Lipinski definition) is 6. The van der Waals surface area contributed by atoms with Crippen molar-refractivity contribution in [3.8, 4) is 0 Å². The van der Waals surface area contributed by atoms with Crippen LogP contribution in [0.5, 0.6) is 0 Å². The molecule has 4 aromatic rings. The molecule has 4 aromatic carbocycles. The van der Waals surface area contributed by atoms with Gasteiger partial charge < -0.3 is 10.6 Å². The fourth-order valence-electron chi connectivity index (χ4n) is 3.66. The van der Waals surface area contributed by atoms with Crippen LogP contribution in [0.4, 0.5) is 113 Å². The van der Waals surface area contributed by atoms with Gasteiger partial charge in [-0.3, -0.25) is 0 Å². The molecule has 266 valence electrons. The van der Waals surface area contributed by atoms with Crippen LogP contribution < -0.4 is 10.6 Å². The van der Waals surface area contributed by atoms with Crippen molar-refractivity contribution in [1.82, 2.24) is 0 Å². The van der Waals surface area contributed by atoms with Gasteiger partial charge in [0.2, 0.25) is 11.6 Å². The van der Waals surface area contributed by atoms with Crippen LogP contribution in [0.2, 0.25) is 0 Å². The van der Waals surface area contributed by atoms with Crippen molar-refractivity contribution in [2.45, 2.75) is 0 Å². The largest absolute Gasteiger partial charge is 0.378 e. The molecule has 4 rings (SSSR count). The van der Waals surface area contributed by atoms with Crippen LogP contribution in [-0.2, 0) is 0 Å². The van der Waals surface area contributed by atoms with E-state index in [0.29, 0.717) is 0 Å². The Morgan fingerprint density at radius 2 is 0.400 bits per heavy atom. The van der Waals surface area contributed by atoms with E-state index in [4.69, 9.17) is 0 Å². The monoisotopic (exact) mass is 744 g/mol. The molecule has 0 radical (unpaired) electrons. The Morgan fingerprint density at radius 1 is 0.240 bits per heavy atom. The maximum absolute atomic E-state index is 14.5. The molecule has 0 aliphatic carbocycles. The highest BCUT2D eigenvalue weighted by Crippen LogP contribution is 2.38. The molecule has 0 heterocycles. The Balaban J connectivity index is 1.54. The van der Waals surface area contributed by atoms with Gasteiger partial charge in [0, 0.05) is 13.1 Å². The summed E-state index contributed by atoms with van der Waals surface area (Å²) in [5.74, 6) is -45.3.